The Morgan fingerprint density at radius 2 is 1.95 bits per heavy atom. The number of nitrogens with one attached hydrogen (secondary N) is 1. The molecule has 2 rings (SSSR count). The lowest BCUT2D eigenvalue weighted by Crippen LogP contribution is -2.40. The van der Waals surface area contributed by atoms with Gasteiger partial charge in [0.25, 0.3) is 0 Å². The first-order valence-electron chi connectivity index (χ1n) is 6.86. The maximum absolute atomic E-state index is 13.9. The fourth-order valence-electron chi connectivity index (χ4n) is 2.71. The van der Waals surface area contributed by atoms with Crippen molar-refractivity contribution in [1.82, 2.24) is 9.62 Å². The molecule has 0 bridgehead atoms. The van der Waals surface area contributed by atoms with E-state index in [-0.39, 0.29) is 17.3 Å². The molecule has 0 spiro atoms. The number of benzene rings is 1. The van der Waals surface area contributed by atoms with E-state index in [4.69, 9.17) is 0 Å². The van der Waals surface area contributed by atoms with E-state index in [1.165, 1.54) is 16.4 Å². The highest BCUT2D eigenvalue weighted by atomic mass is 35.5. The fraction of sp³-hybridized carbons (Fsp3) is 0.571. The van der Waals surface area contributed by atoms with Gasteiger partial charge in [0.15, 0.2) is 0 Å². The second-order valence-electron chi connectivity index (χ2n) is 5.29. The Hall–Kier alpha value is -0.690. The smallest absolute Gasteiger partial charge is 0.246 e. The van der Waals surface area contributed by atoms with Gasteiger partial charge in [-0.25, -0.2) is 12.8 Å². The summed E-state index contributed by atoms with van der Waals surface area (Å²) in [5.41, 5.74) is 0.461. The third-order valence-electron chi connectivity index (χ3n) is 3.83. The Bertz CT molecular complexity index is 552. The largest absolute Gasteiger partial charge is 0.319 e. The minimum Gasteiger partial charge on any atom is -0.319 e. The number of halogens is 2. The molecule has 1 aliphatic heterocycles. The quantitative estimate of drug-likeness (QED) is 0.916. The molecule has 0 aromatic heterocycles. The fourth-order valence-corrected chi connectivity index (χ4v) is 4.45. The van der Waals surface area contributed by atoms with Crippen LogP contribution in [-0.2, 0) is 10.0 Å². The number of sulfonamides is 1. The first-order valence-corrected chi connectivity index (χ1v) is 8.30. The normalized spacial score (nSPS) is 17.5. The third-order valence-corrected chi connectivity index (χ3v) is 5.91. The first-order chi connectivity index (χ1) is 9.46. The molecule has 1 aliphatic rings. The van der Waals surface area contributed by atoms with Gasteiger partial charge in [0.1, 0.15) is 10.7 Å². The highest BCUT2D eigenvalue weighted by molar-refractivity contribution is 7.89. The Labute approximate surface area is 132 Å². The lowest BCUT2D eigenvalue weighted by molar-refractivity contribution is 0.270. The number of piperidine rings is 1. The number of aryl methyl sites for hydroxylation is 1. The van der Waals surface area contributed by atoms with Gasteiger partial charge in [-0.3, -0.25) is 0 Å². The Kier molecular flexibility index (Phi) is 6.59. The monoisotopic (exact) mass is 336 g/mol. The predicted octanol–water partition coefficient (Wildman–Crippen LogP) is 2.18. The van der Waals surface area contributed by atoms with E-state index in [9.17, 15) is 12.8 Å². The summed E-state index contributed by atoms with van der Waals surface area (Å²) in [4.78, 5) is -0.174. The zero-order valence-electron chi connectivity index (χ0n) is 12.3. The Morgan fingerprint density at radius 1 is 1.33 bits per heavy atom. The molecule has 1 aromatic rings. The van der Waals surface area contributed by atoms with Gasteiger partial charge in [-0.1, -0.05) is 12.1 Å². The van der Waals surface area contributed by atoms with E-state index in [0.29, 0.717) is 24.6 Å². The summed E-state index contributed by atoms with van der Waals surface area (Å²) in [6.07, 6.45) is 1.63. The predicted molar refractivity (Wildman–Crippen MR) is 83.8 cm³/mol. The summed E-state index contributed by atoms with van der Waals surface area (Å²) in [5, 5.41) is 3.11. The highest BCUT2D eigenvalue weighted by Crippen LogP contribution is 2.27. The van der Waals surface area contributed by atoms with Crippen LogP contribution in [0.5, 0.6) is 0 Å². The molecule has 1 N–H and O–H groups in total. The van der Waals surface area contributed by atoms with Crippen LogP contribution in [0.25, 0.3) is 0 Å². The number of nitrogens with zero attached hydrogens (tertiary/aromatic N) is 1. The van der Waals surface area contributed by atoms with Gasteiger partial charge in [0.2, 0.25) is 10.0 Å². The topological polar surface area (TPSA) is 49.4 Å². The van der Waals surface area contributed by atoms with Crippen molar-refractivity contribution in [1.29, 1.82) is 0 Å². The van der Waals surface area contributed by atoms with Crippen LogP contribution >= 0.6 is 12.4 Å². The van der Waals surface area contributed by atoms with E-state index in [0.717, 1.165) is 19.4 Å². The summed E-state index contributed by atoms with van der Waals surface area (Å²) < 4.78 is 40.4. The van der Waals surface area contributed by atoms with Gasteiger partial charge in [-0.15, -0.1) is 12.4 Å². The molecule has 120 valence electrons. The molecule has 0 atom stereocenters. The van der Waals surface area contributed by atoms with E-state index < -0.39 is 15.8 Å². The molecule has 0 amide bonds. The average Bonchev–Trinajstić information content (AvgIpc) is 2.39. The van der Waals surface area contributed by atoms with E-state index in [1.807, 2.05) is 7.05 Å². The van der Waals surface area contributed by atoms with Crippen LogP contribution in [0.1, 0.15) is 18.4 Å². The van der Waals surface area contributed by atoms with Crippen LogP contribution in [-0.4, -0.2) is 39.4 Å². The van der Waals surface area contributed by atoms with Gasteiger partial charge in [-0.2, -0.15) is 4.31 Å². The number of hydrogen-bond acceptors (Lipinski definition) is 3. The van der Waals surface area contributed by atoms with Crippen molar-refractivity contribution in [3.8, 4) is 0 Å². The average molecular weight is 337 g/mol. The van der Waals surface area contributed by atoms with Gasteiger partial charge in [0, 0.05) is 13.1 Å². The molecule has 1 saturated heterocycles. The highest BCUT2D eigenvalue weighted by Gasteiger charge is 2.32. The van der Waals surface area contributed by atoms with Crippen LogP contribution in [0.15, 0.2) is 23.1 Å². The van der Waals surface area contributed by atoms with Crippen molar-refractivity contribution in [3.63, 3.8) is 0 Å². The molecule has 0 unspecified atom stereocenters. The SMILES string of the molecule is CNCC1CCN(S(=O)(=O)c2c(C)cccc2F)CC1.Cl. The molecule has 0 saturated carbocycles. The molecule has 1 fully saturated rings. The molecule has 7 heteroatoms. The second kappa shape index (κ2) is 7.54. The van der Waals surface area contributed by atoms with Crippen LogP contribution in [0.4, 0.5) is 4.39 Å². The molecule has 1 heterocycles. The van der Waals surface area contributed by atoms with Crippen molar-refractivity contribution in [2.24, 2.45) is 5.92 Å². The summed E-state index contributed by atoms with van der Waals surface area (Å²) >= 11 is 0. The van der Waals surface area contributed by atoms with Gasteiger partial charge >= 0.3 is 0 Å². The maximum atomic E-state index is 13.9. The molecule has 0 radical (unpaired) electrons. The standard InChI is InChI=1S/C14H21FN2O2S.ClH/c1-11-4-3-5-13(15)14(11)20(18,19)17-8-6-12(7-9-17)10-16-2;/h3-5,12,16H,6-10H2,1-2H3;1H. The van der Waals surface area contributed by atoms with E-state index in [1.54, 1.807) is 13.0 Å². The minimum absolute atomic E-state index is 0. The third kappa shape index (κ3) is 3.94. The Morgan fingerprint density at radius 3 is 2.48 bits per heavy atom. The van der Waals surface area contributed by atoms with Crippen molar-refractivity contribution < 1.29 is 12.8 Å². The molecule has 1 aromatic carbocycles. The lowest BCUT2D eigenvalue weighted by Gasteiger charge is -2.31. The Balaban J connectivity index is 0.00000220. The van der Waals surface area contributed by atoms with Crippen LogP contribution < -0.4 is 5.32 Å². The molecule has 4 nitrogen and oxygen atoms in total. The van der Waals surface area contributed by atoms with Gasteiger partial charge < -0.3 is 5.32 Å². The summed E-state index contributed by atoms with van der Waals surface area (Å²) in [6, 6.07) is 4.36. The van der Waals surface area contributed by atoms with Gasteiger partial charge in [0.05, 0.1) is 0 Å². The van der Waals surface area contributed by atoms with Gasteiger partial charge in [-0.05, 0) is 50.9 Å². The molecule has 21 heavy (non-hydrogen) atoms. The minimum atomic E-state index is -3.72. The molecular formula is C14H22ClFN2O2S. The number of rotatable bonds is 4. The van der Waals surface area contributed by atoms with Crippen LogP contribution in [0, 0.1) is 18.7 Å². The first kappa shape index (κ1) is 18.4. The maximum Gasteiger partial charge on any atom is 0.246 e. The zero-order chi connectivity index (χ0) is 14.8. The van der Waals surface area contributed by atoms with Crippen molar-refractivity contribution >= 4 is 22.4 Å². The second-order valence-corrected chi connectivity index (χ2v) is 7.17. The summed E-state index contributed by atoms with van der Waals surface area (Å²) in [5.74, 6) is -0.171. The van der Waals surface area contributed by atoms with Crippen LogP contribution in [0.3, 0.4) is 0 Å². The molecular weight excluding hydrogens is 315 g/mol. The number of hydrogen-bond donors (Lipinski definition) is 1. The van der Waals surface area contributed by atoms with Crippen molar-refractivity contribution in [2.45, 2.75) is 24.7 Å². The summed E-state index contributed by atoms with van der Waals surface area (Å²) in [7, 11) is -1.83. The lowest BCUT2D eigenvalue weighted by atomic mass is 9.98. The van der Waals surface area contributed by atoms with E-state index >= 15 is 0 Å². The van der Waals surface area contributed by atoms with E-state index in [2.05, 4.69) is 5.32 Å². The van der Waals surface area contributed by atoms with Crippen molar-refractivity contribution in [3.05, 3.63) is 29.6 Å². The zero-order valence-corrected chi connectivity index (χ0v) is 13.9. The van der Waals surface area contributed by atoms with Crippen LogP contribution in [0.2, 0.25) is 0 Å². The van der Waals surface area contributed by atoms with Crippen molar-refractivity contribution in [2.75, 3.05) is 26.7 Å². The summed E-state index contributed by atoms with van der Waals surface area (Å²) in [6.45, 7) is 3.45. The molecule has 0 aliphatic carbocycles.